The second-order valence-corrected chi connectivity index (χ2v) is 4.05. The number of aryl methyl sites for hydroxylation is 1. The standard InChI is InChI=1S/C14H13FN4O/c1-19-9-12(8-17-19)18-14(20)13-5-4-11(15)7-10(13)3-2-6-16/h4-5,7-9H,6,16H2,1H3,(H,18,20). The average molecular weight is 272 g/mol. The van der Waals surface area contributed by atoms with Crippen LogP contribution >= 0.6 is 0 Å². The number of anilines is 1. The number of hydrogen-bond acceptors (Lipinski definition) is 3. The number of amides is 1. The van der Waals surface area contributed by atoms with Crippen LogP contribution in [0.3, 0.4) is 0 Å². The zero-order chi connectivity index (χ0) is 14.5. The van der Waals surface area contributed by atoms with Gasteiger partial charge < -0.3 is 11.1 Å². The molecule has 0 aliphatic carbocycles. The molecule has 0 saturated heterocycles. The summed E-state index contributed by atoms with van der Waals surface area (Å²) in [6, 6.07) is 3.81. The number of nitrogens with one attached hydrogen (secondary N) is 1. The van der Waals surface area contributed by atoms with Crippen LogP contribution in [-0.2, 0) is 7.05 Å². The molecule has 0 fully saturated rings. The lowest BCUT2D eigenvalue weighted by Gasteiger charge is -2.05. The number of benzene rings is 1. The number of nitrogens with zero attached hydrogens (tertiary/aromatic N) is 2. The lowest BCUT2D eigenvalue weighted by Crippen LogP contribution is -2.13. The summed E-state index contributed by atoms with van der Waals surface area (Å²) in [7, 11) is 1.74. The Labute approximate surface area is 115 Å². The fraction of sp³-hybridized carbons (Fsp3) is 0.143. The number of aromatic nitrogens is 2. The molecule has 0 unspecified atom stereocenters. The molecule has 102 valence electrons. The fourth-order valence-corrected chi connectivity index (χ4v) is 1.65. The summed E-state index contributed by atoms with van der Waals surface area (Å²) < 4.78 is 14.8. The maximum atomic E-state index is 13.2. The molecule has 0 bridgehead atoms. The monoisotopic (exact) mass is 272 g/mol. The minimum absolute atomic E-state index is 0.139. The van der Waals surface area contributed by atoms with E-state index in [0.717, 1.165) is 0 Å². The van der Waals surface area contributed by atoms with Crippen LogP contribution in [0.2, 0.25) is 0 Å². The van der Waals surface area contributed by atoms with Crippen LogP contribution in [-0.4, -0.2) is 22.2 Å². The number of nitrogens with two attached hydrogens (primary N) is 1. The average Bonchev–Trinajstić information content (AvgIpc) is 2.81. The molecule has 6 heteroatoms. The molecule has 1 aromatic carbocycles. The van der Waals surface area contributed by atoms with Gasteiger partial charge in [0.15, 0.2) is 0 Å². The van der Waals surface area contributed by atoms with Crippen molar-refractivity contribution in [1.82, 2.24) is 9.78 Å². The van der Waals surface area contributed by atoms with Crippen LogP contribution in [0.15, 0.2) is 30.6 Å². The van der Waals surface area contributed by atoms with Crippen molar-refractivity contribution in [2.45, 2.75) is 0 Å². The summed E-state index contributed by atoms with van der Waals surface area (Å²) in [6.45, 7) is 0.139. The van der Waals surface area contributed by atoms with E-state index in [1.165, 1.54) is 24.4 Å². The highest BCUT2D eigenvalue weighted by atomic mass is 19.1. The molecular weight excluding hydrogens is 259 g/mol. The van der Waals surface area contributed by atoms with E-state index in [2.05, 4.69) is 22.3 Å². The molecule has 2 aromatic rings. The number of carbonyl (C=O) groups is 1. The Kier molecular flexibility index (Phi) is 4.13. The van der Waals surface area contributed by atoms with Crippen molar-refractivity contribution in [2.75, 3.05) is 11.9 Å². The minimum Gasteiger partial charge on any atom is -0.320 e. The van der Waals surface area contributed by atoms with Crippen LogP contribution in [0.4, 0.5) is 10.1 Å². The first-order valence-electron chi connectivity index (χ1n) is 5.88. The second kappa shape index (κ2) is 5.99. The van der Waals surface area contributed by atoms with Crippen LogP contribution in [0.5, 0.6) is 0 Å². The Morgan fingerprint density at radius 3 is 3.00 bits per heavy atom. The van der Waals surface area contributed by atoms with Crippen LogP contribution in [0.25, 0.3) is 0 Å². The van der Waals surface area contributed by atoms with Gasteiger partial charge in [-0.15, -0.1) is 0 Å². The summed E-state index contributed by atoms with van der Waals surface area (Å²) in [5.41, 5.74) is 6.43. The molecule has 1 amide bonds. The predicted molar refractivity (Wildman–Crippen MR) is 73.5 cm³/mol. The maximum absolute atomic E-state index is 13.2. The summed E-state index contributed by atoms with van der Waals surface area (Å²) >= 11 is 0. The van der Waals surface area contributed by atoms with Gasteiger partial charge in [-0.2, -0.15) is 5.10 Å². The van der Waals surface area contributed by atoms with E-state index >= 15 is 0 Å². The highest BCUT2D eigenvalue weighted by Gasteiger charge is 2.12. The SMILES string of the molecule is Cn1cc(NC(=O)c2ccc(F)cc2C#CCN)cn1. The second-order valence-electron chi connectivity index (χ2n) is 4.05. The van der Waals surface area contributed by atoms with Gasteiger partial charge in [0.25, 0.3) is 5.91 Å². The van der Waals surface area contributed by atoms with Gasteiger partial charge in [0, 0.05) is 18.8 Å². The Morgan fingerprint density at radius 2 is 2.35 bits per heavy atom. The van der Waals surface area contributed by atoms with Crippen molar-refractivity contribution in [1.29, 1.82) is 0 Å². The maximum Gasteiger partial charge on any atom is 0.257 e. The van der Waals surface area contributed by atoms with E-state index in [0.29, 0.717) is 11.3 Å². The highest BCUT2D eigenvalue weighted by Crippen LogP contribution is 2.13. The van der Waals surface area contributed by atoms with Gasteiger partial charge in [-0.1, -0.05) is 11.8 Å². The lowest BCUT2D eigenvalue weighted by molar-refractivity contribution is 0.102. The molecule has 0 atom stereocenters. The predicted octanol–water partition coefficient (Wildman–Crippen LogP) is 1.12. The summed E-state index contributed by atoms with van der Waals surface area (Å²) in [4.78, 5) is 12.1. The Morgan fingerprint density at radius 1 is 1.55 bits per heavy atom. The molecule has 20 heavy (non-hydrogen) atoms. The quantitative estimate of drug-likeness (QED) is 0.805. The van der Waals surface area contributed by atoms with Gasteiger partial charge in [-0.05, 0) is 18.2 Å². The number of halogens is 1. The van der Waals surface area contributed by atoms with Crippen LogP contribution in [0.1, 0.15) is 15.9 Å². The molecule has 5 nitrogen and oxygen atoms in total. The highest BCUT2D eigenvalue weighted by molar-refractivity contribution is 6.05. The smallest absolute Gasteiger partial charge is 0.257 e. The minimum atomic E-state index is -0.454. The summed E-state index contributed by atoms with van der Waals surface area (Å²) in [5.74, 6) is 4.47. The first kappa shape index (κ1) is 13.8. The van der Waals surface area contributed by atoms with Gasteiger partial charge in [-0.3, -0.25) is 9.48 Å². The Balaban J connectivity index is 2.29. The number of carbonyl (C=O) groups excluding carboxylic acids is 1. The van der Waals surface area contributed by atoms with Crippen molar-refractivity contribution < 1.29 is 9.18 Å². The van der Waals surface area contributed by atoms with Crippen molar-refractivity contribution in [3.05, 3.63) is 47.5 Å². The first-order chi connectivity index (χ1) is 9.60. The van der Waals surface area contributed by atoms with E-state index in [9.17, 15) is 9.18 Å². The fourth-order valence-electron chi connectivity index (χ4n) is 1.65. The zero-order valence-electron chi connectivity index (χ0n) is 10.9. The van der Waals surface area contributed by atoms with E-state index in [4.69, 9.17) is 5.73 Å². The molecule has 2 rings (SSSR count). The third-order valence-corrected chi connectivity index (χ3v) is 2.51. The Hall–Kier alpha value is -2.65. The van der Waals surface area contributed by atoms with E-state index in [1.807, 2.05) is 0 Å². The van der Waals surface area contributed by atoms with Gasteiger partial charge in [0.1, 0.15) is 5.82 Å². The molecule has 3 N–H and O–H groups in total. The normalized spacial score (nSPS) is 9.75. The van der Waals surface area contributed by atoms with E-state index in [1.54, 1.807) is 17.9 Å². The van der Waals surface area contributed by atoms with Crippen molar-refractivity contribution in [3.63, 3.8) is 0 Å². The summed E-state index contributed by atoms with van der Waals surface area (Å²) in [5, 5.41) is 6.62. The lowest BCUT2D eigenvalue weighted by atomic mass is 10.1. The number of rotatable bonds is 2. The molecule has 0 aliphatic heterocycles. The van der Waals surface area contributed by atoms with Crippen LogP contribution in [0, 0.1) is 17.7 Å². The molecule has 0 radical (unpaired) electrons. The molecule has 1 aromatic heterocycles. The van der Waals surface area contributed by atoms with E-state index < -0.39 is 5.82 Å². The van der Waals surface area contributed by atoms with Gasteiger partial charge in [-0.25, -0.2) is 4.39 Å². The van der Waals surface area contributed by atoms with Gasteiger partial charge >= 0.3 is 0 Å². The third kappa shape index (κ3) is 3.22. The van der Waals surface area contributed by atoms with E-state index in [-0.39, 0.29) is 18.0 Å². The molecule has 1 heterocycles. The van der Waals surface area contributed by atoms with Crippen molar-refractivity contribution in [3.8, 4) is 11.8 Å². The van der Waals surface area contributed by atoms with Gasteiger partial charge in [0.2, 0.25) is 0 Å². The largest absolute Gasteiger partial charge is 0.320 e. The third-order valence-electron chi connectivity index (χ3n) is 2.51. The molecule has 0 aliphatic rings. The molecule has 0 spiro atoms. The topological polar surface area (TPSA) is 72.9 Å². The van der Waals surface area contributed by atoms with Crippen LogP contribution < -0.4 is 11.1 Å². The molecular formula is C14H13FN4O. The van der Waals surface area contributed by atoms with Crippen molar-refractivity contribution in [2.24, 2.45) is 12.8 Å². The van der Waals surface area contributed by atoms with Crippen molar-refractivity contribution >= 4 is 11.6 Å². The Bertz CT molecular complexity index is 697. The molecule has 0 saturated carbocycles. The first-order valence-corrected chi connectivity index (χ1v) is 5.88. The zero-order valence-corrected chi connectivity index (χ0v) is 10.9. The number of hydrogen-bond donors (Lipinski definition) is 2. The van der Waals surface area contributed by atoms with Gasteiger partial charge in [0.05, 0.1) is 24.0 Å². The summed E-state index contributed by atoms with van der Waals surface area (Å²) in [6.07, 6.45) is 3.18.